The minimum Gasteiger partial charge on any atom is -0.395 e. The third kappa shape index (κ3) is 3.25. The highest BCUT2D eigenvalue weighted by atomic mass is 16.3. The first-order valence-corrected chi connectivity index (χ1v) is 6.04. The Morgan fingerprint density at radius 1 is 1.36 bits per heavy atom. The highest BCUT2D eigenvalue weighted by Gasteiger charge is 2.26. The fraction of sp³-hybridized carbons (Fsp3) is 1.00. The van der Waals surface area contributed by atoms with E-state index < -0.39 is 0 Å². The fourth-order valence-corrected chi connectivity index (χ4v) is 2.52. The van der Waals surface area contributed by atoms with E-state index in [0.29, 0.717) is 12.1 Å². The van der Waals surface area contributed by atoms with Crippen LogP contribution in [0.2, 0.25) is 0 Å². The van der Waals surface area contributed by atoms with Gasteiger partial charge in [-0.15, -0.1) is 0 Å². The maximum Gasteiger partial charge on any atom is 0.0584 e. The summed E-state index contributed by atoms with van der Waals surface area (Å²) in [6, 6.07) is 0.930. The lowest BCUT2D eigenvalue weighted by molar-refractivity contribution is 0.174. The molecule has 1 fully saturated rings. The molecule has 0 saturated heterocycles. The number of rotatable bonds is 4. The average molecular weight is 199 g/mol. The zero-order chi connectivity index (χ0) is 10.6. The number of hydrogen-bond donors (Lipinski definition) is 2. The summed E-state index contributed by atoms with van der Waals surface area (Å²) in [5.41, 5.74) is 0. The van der Waals surface area contributed by atoms with Gasteiger partial charge in [0.1, 0.15) is 0 Å². The molecule has 4 atom stereocenters. The molecule has 0 aromatic carbocycles. The molecule has 0 radical (unpaired) electrons. The lowest BCUT2D eigenvalue weighted by atomic mass is 9.79. The van der Waals surface area contributed by atoms with E-state index in [1.54, 1.807) is 0 Å². The van der Waals surface area contributed by atoms with Gasteiger partial charge in [0.15, 0.2) is 0 Å². The maximum atomic E-state index is 9.13. The van der Waals surface area contributed by atoms with Crippen LogP contribution in [0.15, 0.2) is 0 Å². The molecule has 0 aromatic rings. The molecule has 1 aliphatic rings. The van der Waals surface area contributed by atoms with Crippen molar-refractivity contribution in [3.8, 4) is 0 Å². The lowest BCUT2D eigenvalue weighted by Gasteiger charge is -2.35. The van der Waals surface area contributed by atoms with Gasteiger partial charge in [0.05, 0.1) is 6.61 Å². The molecule has 0 spiro atoms. The molecular formula is C12H25NO. The largest absolute Gasteiger partial charge is 0.395 e. The van der Waals surface area contributed by atoms with E-state index in [-0.39, 0.29) is 6.61 Å². The van der Waals surface area contributed by atoms with Crippen molar-refractivity contribution >= 4 is 0 Å². The molecule has 0 aliphatic heterocycles. The molecular weight excluding hydrogens is 174 g/mol. The summed E-state index contributed by atoms with van der Waals surface area (Å²) < 4.78 is 0. The van der Waals surface area contributed by atoms with Crippen LogP contribution in [-0.2, 0) is 0 Å². The Bertz CT molecular complexity index is 156. The van der Waals surface area contributed by atoms with Crippen LogP contribution in [-0.4, -0.2) is 23.8 Å². The highest BCUT2D eigenvalue weighted by molar-refractivity contribution is 4.83. The van der Waals surface area contributed by atoms with Gasteiger partial charge in [0.2, 0.25) is 0 Å². The summed E-state index contributed by atoms with van der Waals surface area (Å²) in [6.07, 6.45) is 4.97. The number of nitrogens with one attached hydrogen (secondary N) is 1. The molecule has 1 aliphatic carbocycles. The van der Waals surface area contributed by atoms with E-state index >= 15 is 0 Å². The second-order valence-electron chi connectivity index (χ2n) is 4.96. The average Bonchev–Trinajstić information content (AvgIpc) is 2.17. The van der Waals surface area contributed by atoms with E-state index in [9.17, 15) is 0 Å². The van der Waals surface area contributed by atoms with Crippen LogP contribution in [0.5, 0.6) is 0 Å². The third-order valence-corrected chi connectivity index (χ3v) is 3.59. The normalized spacial score (nSPS) is 35.6. The van der Waals surface area contributed by atoms with Gasteiger partial charge < -0.3 is 10.4 Å². The lowest BCUT2D eigenvalue weighted by Crippen LogP contribution is -2.45. The second kappa shape index (κ2) is 5.72. The first-order valence-electron chi connectivity index (χ1n) is 6.04. The first-order chi connectivity index (χ1) is 6.67. The Balaban J connectivity index is 2.36. The predicted molar refractivity (Wildman–Crippen MR) is 60.3 cm³/mol. The number of hydrogen-bond acceptors (Lipinski definition) is 2. The third-order valence-electron chi connectivity index (χ3n) is 3.59. The smallest absolute Gasteiger partial charge is 0.0584 e. The molecule has 14 heavy (non-hydrogen) atoms. The van der Waals surface area contributed by atoms with Gasteiger partial charge in [-0.1, -0.05) is 20.8 Å². The molecule has 4 unspecified atom stereocenters. The van der Waals surface area contributed by atoms with Crippen LogP contribution in [0.25, 0.3) is 0 Å². The summed E-state index contributed by atoms with van der Waals surface area (Å²) in [4.78, 5) is 0. The van der Waals surface area contributed by atoms with Crippen LogP contribution in [0.3, 0.4) is 0 Å². The zero-order valence-corrected chi connectivity index (χ0v) is 9.79. The molecule has 84 valence electrons. The van der Waals surface area contributed by atoms with Crippen molar-refractivity contribution in [2.45, 2.75) is 58.5 Å². The van der Waals surface area contributed by atoms with Crippen molar-refractivity contribution in [3.63, 3.8) is 0 Å². The molecule has 1 rings (SSSR count). The number of aliphatic hydroxyl groups excluding tert-OH is 1. The predicted octanol–water partition coefficient (Wildman–Crippen LogP) is 2.17. The molecule has 0 amide bonds. The SMILES string of the molecule is CCC(CO)NC1CCC(C)CC1C. The topological polar surface area (TPSA) is 32.3 Å². The Morgan fingerprint density at radius 2 is 2.07 bits per heavy atom. The van der Waals surface area contributed by atoms with Gasteiger partial charge in [-0.3, -0.25) is 0 Å². The minimum atomic E-state index is 0.273. The van der Waals surface area contributed by atoms with Gasteiger partial charge in [-0.2, -0.15) is 0 Å². The van der Waals surface area contributed by atoms with E-state index in [0.717, 1.165) is 18.3 Å². The van der Waals surface area contributed by atoms with E-state index in [4.69, 9.17) is 5.11 Å². The van der Waals surface area contributed by atoms with E-state index in [2.05, 4.69) is 26.1 Å². The van der Waals surface area contributed by atoms with Crippen molar-refractivity contribution in [2.75, 3.05) is 6.61 Å². The Kier molecular flexibility index (Phi) is 4.90. The van der Waals surface area contributed by atoms with Gasteiger partial charge in [-0.25, -0.2) is 0 Å². The monoisotopic (exact) mass is 199 g/mol. The van der Waals surface area contributed by atoms with Crippen molar-refractivity contribution in [1.82, 2.24) is 5.32 Å². The summed E-state index contributed by atoms with van der Waals surface area (Å²) in [5.74, 6) is 1.65. The summed E-state index contributed by atoms with van der Waals surface area (Å²) in [5, 5.41) is 12.7. The van der Waals surface area contributed by atoms with Crippen molar-refractivity contribution in [1.29, 1.82) is 0 Å². The Hall–Kier alpha value is -0.0800. The van der Waals surface area contributed by atoms with Crippen LogP contribution in [0.1, 0.15) is 46.5 Å². The fourth-order valence-electron chi connectivity index (χ4n) is 2.52. The summed E-state index contributed by atoms with van der Waals surface area (Å²) in [7, 11) is 0. The second-order valence-corrected chi connectivity index (χ2v) is 4.96. The molecule has 2 heteroatoms. The van der Waals surface area contributed by atoms with Gasteiger partial charge >= 0.3 is 0 Å². The maximum absolute atomic E-state index is 9.13. The van der Waals surface area contributed by atoms with E-state index in [1.807, 2.05) is 0 Å². The first kappa shape index (κ1) is 12.0. The Labute approximate surface area is 88.1 Å². The van der Waals surface area contributed by atoms with Crippen LogP contribution in [0, 0.1) is 11.8 Å². The molecule has 0 heterocycles. The summed E-state index contributed by atoms with van der Waals surface area (Å²) >= 11 is 0. The minimum absolute atomic E-state index is 0.273. The van der Waals surface area contributed by atoms with Crippen LogP contribution in [0.4, 0.5) is 0 Å². The quantitative estimate of drug-likeness (QED) is 0.727. The Morgan fingerprint density at radius 3 is 2.57 bits per heavy atom. The van der Waals surface area contributed by atoms with Crippen molar-refractivity contribution in [3.05, 3.63) is 0 Å². The highest BCUT2D eigenvalue weighted by Crippen LogP contribution is 2.28. The molecule has 0 bridgehead atoms. The molecule has 2 N–H and O–H groups in total. The van der Waals surface area contributed by atoms with Crippen molar-refractivity contribution < 1.29 is 5.11 Å². The van der Waals surface area contributed by atoms with Crippen LogP contribution >= 0.6 is 0 Å². The van der Waals surface area contributed by atoms with Gasteiger partial charge in [0, 0.05) is 12.1 Å². The van der Waals surface area contributed by atoms with E-state index in [1.165, 1.54) is 19.3 Å². The standard InChI is InChI=1S/C12H25NO/c1-4-11(8-14)13-12-6-5-9(2)7-10(12)3/h9-14H,4-8H2,1-3H3. The molecule has 1 saturated carbocycles. The van der Waals surface area contributed by atoms with Crippen LogP contribution < -0.4 is 5.32 Å². The number of aliphatic hydroxyl groups is 1. The van der Waals surface area contributed by atoms with Crippen molar-refractivity contribution in [2.24, 2.45) is 11.8 Å². The molecule has 2 nitrogen and oxygen atoms in total. The zero-order valence-electron chi connectivity index (χ0n) is 9.79. The van der Waals surface area contributed by atoms with Gasteiger partial charge in [0.25, 0.3) is 0 Å². The summed E-state index contributed by atoms with van der Waals surface area (Å²) in [6.45, 7) is 7.08. The van der Waals surface area contributed by atoms with Gasteiger partial charge in [-0.05, 0) is 37.5 Å². The molecule has 0 aromatic heterocycles.